The molecule has 3 rings (SSSR count). The maximum absolute atomic E-state index is 5.91. The number of aromatic nitrogens is 1. The van der Waals surface area contributed by atoms with Crippen molar-refractivity contribution in [2.24, 2.45) is 0 Å². The average molecular weight is 290 g/mol. The van der Waals surface area contributed by atoms with Gasteiger partial charge in [0.2, 0.25) is 0 Å². The summed E-state index contributed by atoms with van der Waals surface area (Å²) in [6.45, 7) is 6.34. The van der Waals surface area contributed by atoms with Gasteiger partial charge in [-0.25, -0.2) is 4.98 Å². The van der Waals surface area contributed by atoms with Crippen LogP contribution in [0, 0.1) is 0 Å². The fraction of sp³-hybridized carbons (Fsp3) is 0.562. The smallest absolute Gasteiger partial charge is 0.120 e. The SMILES string of the molecule is CCC(C)c1nc2ccc(OCC3CCCN3)cc2s1. The molecule has 1 aromatic carbocycles. The zero-order valence-corrected chi connectivity index (χ0v) is 13.0. The number of hydrogen-bond acceptors (Lipinski definition) is 4. The van der Waals surface area contributed by atoms with E-state index < -0.39 is 0 Å². The lowest BCUT2D eigenvalue weighted by Gasteiger charge is -2.11. The van der Waals surface area contributed by atoms with Crippen LogP contribution in [-0.4, -0.2) is 24.2 Å². The van der Waals surface area contributed by atoms with Crippen LogP contribution in [0.2, 0.25) is 0 Å². The zero-order valence-electron chi connectivity index (χ0n) is 12.2. The molecule has 0 radical (unpaired) electrons. The predicted octanol–water partition coefficient (Wildman–Crippen LogP) is 3.94. The highest BCUT2D eigenvalue weighted by molar-refractivity contribution is 7.18. The minimum absolute atomic E-state index is 0.517. The molecular weight excluding hydrogens is 268 g/mol. The van der Waals surface area contributed by atoms with E-state index in [0.29, 0.717) is 12.0 Å². The fourth-order valence-electron chi connectivity index (χ4n) is 2.49. The second kappa shape index (κ2) is 6.10. The number of ether oxygens (including phenoxy) is 1. The second-order valence-corrected chi connectivity index (χ2v) is 6.66. The molecule has 1 fully saturated rings. The van der Waals surface area contributed by atoms with Crippen molar-refractivity contribution < 1.29 is 4.74 Å². The van der Waals surface area contributed by atoms with Crippen molar-refractivity contribution in [2.75, 3.05) is 13.2 Å². The Hall–Kier alpha value is -1.13. The molecule has 3 nitrogen and oxygen atoms in total. The summed E-state index contributed by atoms with van der Waals surface area (Å²) in [6.07, 6.45) is 3.62. The molecule has 0 saturated carbocycles. The van der Waals surface area contributed by atoms with Gasteiger partial charge in [-0.05, 0) is 44.0 Å². The van der Waals surface area contributed by atoms with Crippen molar-refractivity contribution >= 4 is 21.6 Å². The Kier molecular flexibility index (Phi) is 4.22. The number of nitrogens with one attached hydrogen (secondary N) is 1. The Labute approximate surface area is 124 Å². The van der Waals surface area contributed by atoms with E-state index in [4.69, 9.17) is 9.72 Å². The van der Waals surface area contributed by atoms with Crippen molar-refractivity contribution in [1.29, 1.82) is 0 Å². The zero-order chi connectivity index (χ0) is 13.9. The van der Waals surface area contributed by atoms with Crippen molar-refractivity contribution in [3.05, 3.63) is 23.2 Å². The van der Waals surface area contributed by atoms with Crippen LogP contribution in [0.25, 0.3) is 10.2 Å². The van der Waals surface area contributed by atoms with Gasteiger partial charge in [-0.1, -0.05) is 13.8 Å². The van der Waals surface area contributed by atoms with Crippen LogP contribution >= 0.6 is 11.3 Å². The van der Waals surface area contributed by atoms with E-state index in [2.05, 4.69) is 31.3 Å². The third-order valence-corrected chi connectivity index (χ3v) is 5.27. The number of fused-ring (bicyclic) bond motifs is 1. The minimum atomic E-state index is 0.517. The van der Waals surface area contributed by atoms with Gasteiger partial charge in [0.1, 0.15) is 12.4 Å². The van der Waals surface area contributed by atoms with Gasteiger partial charge in [0.15, 0.2) is 0 Å². The molecule has 1 aliphatic rings. The van der Waals surface area contributed by atoms with Gasteiger partial charge in [-0.15, -0.1) is 11.3 Å². The van der Waals surface area contributed by atoms with E-state index in [0.717, 1.165) is 30.8 Å². The first-order valence-electron chi connectivity index (χ1n) is 7.53. The van der Waals surface area contributed by atoms with Crippen LogP contribution in [0.1, 0.15) is 44.0 Å². The largest absolute Gasteiger partial charge is 0.492 e. The molecule has 2 unspecified atom stereocenters. The van der Waals surface area contributed by atoms with E-state index in [-0.39, 0.29) is 0 Å². The molecule has 1 N–H and O–H groups in total. The summed E-state index contributed by atoms with van der Waals surface area (Å²) in [5.74, 6) is 1.50. The second-order valence-electron chi connectivity index (χ2n) is 5.60. The maximum Gasteiger partial charge on any atom is 0.120 e. The predicted molar refractivity (Wildman–Crippen MR) is 84.8 cm³/mol. The molecule has 0 spiro atoms. The quantitative estimate of drug-likeness (QED) is 0.905. The van der Waals surface area contributed by atoms with Crippen molar-refractivity contribution in [3.8, 4) is 5.75 Å². The Balaban J connectivity index is 1.72. The molecule has 20 heavy (non-hydrogen) atoms. The van der Waals surface area contributed by atoms with Crippen LogP contribution < -0.4 is 10.1 Å². The first-order valence-corrected chi connectivity index (χ1v) is 8.34. The lowest BCUT2D eigenvalue weighted by molar-refractivity contribution is 0.277. The third-order valence-electron chi connectivity index (χ3n) is 4.02. The van der Waals surface area contributed by atoms with Gasteiger partial charge in [0.05, 0.1) is 15.2 Å². The van der Waals surface area contributed by atoms with Crippen LogP contribution in [0.4, 0.5) is 0 Å². The monoisotopic (exact) mass is 290 g/mol. The highest BCUT2D eigenvalue weighted by atomic mass is 32.1. The minimum Gasteiger partial charge on any atom is -0.492 e. The average Bonchev–Trinajstić information content (AvgIpc) is 3.12. The van der Waals surface area contributed by atoms with Crippen molar-refractivity contribution in [1.82, 2.24) is 10.3 Å². The Bertz CT molecular complexity index is 575. The fourth-order valence-corrected chi connectivity index (χ4v) is 3.62. The number of hydrogen-bond donors (Lipinski definition) is 1. The lowest BCUT2D eigenvalue weighted by atomic mass is 10.1. The van der Waals surface area contributed by atoms with Gasteiger partial charge in [-0.2, -0.15) is 0 Å². The summed E-state index contributed by atoms with van der Waals surface area (Å²) in [4.78, 5) is 4.71. The summed E-state index contributed by atoms with van der Waals surface area (Å²) in [5, 5.41) is 4.69. The summed E-state index contributed by atoms with van der Waals surface area (Å²) < 4.78 is 7.14. The Morgan fingerprint density at radius 3 is 3.15 bits per heavy atom. The topological polar surface area (TPSA) is 34.1 Å². The van der Waals surface area contributed by atoms with E-state index in [1.165, 1.54) is 22.5 Å². The summed E-state index contributed by atoms with van der Waals surface area (Å²) in [7, 11) is 0. The first kappa shape index (κ1) is 13.8. The molecule has 1 aromatic heterocycles. The number of nitrogens with zero attached hydrogens (tertiary/aromatic N) is 1. The van der Waals surface area contributed by atoms with Gasteiger partial charge in [-0.3, -0.25) is 0 Å². The normalized spacial score (nSPS) is 20.4. The van der Waals surface area contributed by atoms with Crippen molar-refractivity contribution in [2.45, 2.75) is 45.1 Å². The van der Waals surface area contributed by atoms with Crippen LogP contribution in [0.5, 0.6) is 5.75 Å². The van der Waals surface area contributed by atoms with E-state index >= 15 is 0 Å². The van der Waals surface area contributed by atoms with E-state index in [9.17, 15) is 0 Å². The van der Waals surface area contributed by atoms with Gasteiger partial charge >= 0.3 is 0 Å². The van der Waals surface area contributed by atoms with Crippen LogP contribution in [-0.2, 0) is 0 Å². The van der Waals surface area contributed by atoms with E-state index in [1.807, 2.05) is 6.07 Å². The lowest BCUT2D eigenvalue weighted by Crippen LogP contribution is -2.28. The summed E-state index contributed by atoms with van der Waals surface area (Å²) >= 11 is 1.80. The molecule has 1 aliphatic heterocycles. The number of benzene rings is 1. The van der Waals surface area contributed by atoms with Gasteiger partial charge in [0.25, 0.3) is 0 Å². The molecule has 4 heteroatoms. The van der Waals surface area contributed by atoms with Gasteiger partial charge < -0.3 is 10.1 Å². The maximum atomic E-state index is 5.91. The third kappa shape index (κ3) is 2.96. The molecule has 1 saturated heterocycles. The molecule has 2 heterocycles. The summed E-state index contributed by atoms with van der Waals surface area (Å²) in [6, 6.07) is 6.77. The number of rotatable bonds is 5. The number of thiazole rings is 1. The molecule has 2 aromatic rings. The molecular formula is C16H22N2OS. The molecule has 0 bridgehead atoms. The summed E-state index contributed by atoms with van der Waals surface area (Å²) in [5.41, 5.74) is 1.09. The highest BCUT2D eigenvalue weighted by Gasteiger charge is 2.15. The first-order chi connectivity index (χ1) is 9.76. The molecule has 0 aliphatic carbocycles. The van der Waals surface area contributed by atoms with Gasteiger partial charge in [0, 0.05) is 12.0 Å². The highest BCUT2D eigenvalue weighted by Crippen LogP contribution is 2.31. The van der Waals surface area contributed by atoms with Crippen LogP contribution in [0.15, 0.2) is 18.2 Å². The Morgan fingerprint density at radius 2 is 2.40 bits per heavy atom. The van der Waals surface area contributed by atoms with Crippen LogP contribution in [0.3, 0.4) is 0 Å². The molecule has 0 amide bonds. The molecule has 108 valence electrons. The van der Waals surface area contributed by atoms with Crippen molar-refractivity contribution in [3.63, 3.8) is 0 Å². The Morgan fingerprint density at radius 1 is 1.50 bits per heavy atom. The standard InChI is InChI=1S/C16H22N2OS/c1-3-11(2)16-18-14-7-6-13(9-15(14)20-16)19-10-12-5-4-8-17-12/h6-7,9,11-12,17H,3-5,8,10H2,1-2H3. The molecule has 2 atom stereocenters. The van der Waals surface area contributed by atoms with E-state index in [1.54, 1.807) is 11.3 Å².